The molecule has 100 valence electrons. The Hall–Kier alpha value is -1.13. The molecule has 0 radical (unpaired) electrons. The maximum Gasteiger partial charge on any atom is 0.217 e. The van der Waals surface area contributed by atoms with E-state index in [2.05, 4.69) is 35.2 Å². The highest BCUT2D eigenvalue weighted by Gasteiger charge is 2.28. The summed E-state index contributed by atoms with van der Waals surface area (Å²) in [6.07, 6.45) is 4.15. The van der Waals surface area contributed by atoms with E-state index >= 15 is 0 Å². The highest BCUT2D eigenvalue weighted by Crippen LogP contribution is 2.24. The van der Waals surface area contributed by atoms with Crippen molar-refractivity contribution in [1.29, 1.82) is 0 Å². The van der Waals surface area contributed by atoms with Crippen LogP contribution < -0.4 is 10.1 Å². The Morgan fingerprint density at radius 2 is 2.17 bits per heavy atom. The van der Waals surface area contributed by atoms with Crippen molar-refractivity contribution < 1.29 is 4.74 Å². The number of ether oxygens (including phenoxy) is 1. The highest BCUT2D eigenvalue weighted by atomic mass is 16.5. The number of hydrogen-bond acceptors (Lipinski definition) is 4. The fourth-order valence-corrected chi connectivity index (χ4v) is 2.42. The summed E-state index contributed by atoms with van der Waals surface area (Å²) in [5.41, 5.74) is 1.48. The van der Waals surface area contributed by atoms with Gasteiger partial charge in [0.1, 0.15) is 0 Å². The van der Waals surface area contributed by atoms with Crippen molar-refractivity contribution in [2.45, 2.75) is 31.8 Å². The molecule has 4 heteroatoms. The summed E-state index contributed by atoms with van der Waals surface area (Å²) in [7, 11) is 3.74. The largest absolute Gasteiger partial charge is 0.481 e. The summed E-state index contributed by atoms with van der Waals surface area (Å²) in [6, 6.07) is 4.07. The minimum Gasteiger partial charge on any atom is -0.481 e. The van der Waals surface area contributed by atoms with Gasteiger partial charge in [0, 0.05) is 36.9 Å². The molecule has 0 unspecified atom stereocenters. The van der Waals surface area contributed by atoms with E-state index in [-0.39, 0.29) is 0 Å². The number of likely N-dealkylation sites (tertiary alicyclic amines) is 1. The molecule has 1 aromatic heterocycles. The average molecular weight is 249 g/mol. The van der Waals surface area contributed by atoms with Gasteiger partial charge < -0.3 is 10.1 Å². The number of nitrogens with zero attached hydrogens (tertiary/aromatic N) is 2. The van der Waals surface area contributed by atoms with Gasteiger partial charge in [-0.25, -0.2) is 4.98 Å². The van der Waals surface area contributed by atoms with Crippen LogP contribution in [-0.2, 0) is 6.54 Å². The van der Waals surface area contributed by atoms with Crippen LogP contribution in [0.1, 0.15) is 25.3 Å². The summed E-state index contributed by atoms with van der Waals surface area (Å²) >= 11 is 0. The molecule has 18 heavy (non-hydrogen) atoms. The Morgan fingerprint density at radius 3 is 2.78 bits per heavy atom. The van der Waals surface area contributed by atoms with Gasteiger partial charge in [-0.2, -0.15) is 0 Å². The fourth-order valence-electron chi connectivity index (χ4n) is 2.42. The predicted octanol–water partition coefficient (Wildman–Crippen LogP) is 1.66. The van der Waals surface area contributed by atoms with Crippen LogP contribution in [0.2, 0.25) is 0 Å². The molecule has 1 fully saturated rings. The topological polar surface area (TPSA) is 37.4 Å². The van der Waals surface area contributed by atoms with Gasteiger partial charge in [-0.3, -0.25) is 4.90 Å². The molecule has 1 N–H and O–H groups in total. The van der Waals surface area contributed by atoms with Crippen LogP contribution in [0, 0.1) is 0 Å². The van der Waals surface area contributed by atoms with E-state index in [9.17, 15) is 0 Å². The maximum atomic E-state index is 5.30. The zero-order chi connectivity index (χ0) is 13.0. The summed E-state index contributed by atoms with van der Waals surface area (Å²) in [4.78, 5) is 6.72. The van der Waals surface area contributed by atoms with E-state index in [0.29, 0.717) is 5.54 Å². The molecule has 0 spiro atoms. The van der Waals surface area contributed by atoms with Crippen molar-refractivity contribution in [2.24, 2.45) is 0 Å². The van der Waals surface area contributed by atoms with E-state index < -0.39 is 0 Å². The van der Waals surface area contributed by atoms with Crippen LogP contribution in [0.5, 0.6) is 5.88 Å². The molecule has 2 heterocycles. The van der Waals surface area contributed by atoms with Gasteiger partial charge in [0.15, 0.2) is 0 Å². The maximum absolute atomic E-state index is 5.30. The first-order valence-electron chi connectivity index (χ1n) is 6.56. The molecule has 1 aliphatic rings. The number of aromatic nitrogens is 1. The van der Waals surface area contributed by atoms with Crippen molar-refractivity contribution in [3.63, 3.8) is 0 Å². The van der Waals surface area contributed by atoms with Crippen LogP contribution in [-0.4, -0.2) is 42.7 Å². The van der Waals surface area contributed by atoms with Crippen molar-refractivity contribution >= 4 is 0 Å². The van der Waals surface area contributed by atoms with Crippen molar-refractivity contribution in [3.8, 4) is 5.88 Å². The minimum atomic E-state index is 0.301. The summed E-state index contributed by atoms with van der Waals surface area (Å²) < 4.78 is 5.30. The first kappa shape index (κ1) is 13.3. The smallest absolute Gasteiger partial charge is 0.217 e. The molecule has 0 aliphatic carbocycles. The average Bonchev–Trinajstić information content (AvgIpc) is 2.42. The van der Waals surface area contributed by atoms with E-state index in [1.165, 1.54) is 18.4 Å². The van der Waals surface area contributed by atoms with Crippen LogP contribution in [0.15, 0.2) is 18.3 Å². The van der Waals surface area contributed by atoms with Gasteiger partial charge in [0.25, 0.3) is 0 Å². The lowest BCUT2D eigenvalue weighted by atomic mass is 9.90. The lowest BCUT2D eigenvalue weighted by Crippen LogP contribution is -2.49. The van der Waals surface area contributed by atoms with E-state index in [4.69, 9.17) is 4.74 Å². The standard InChI is InChI=1S/C14H23N3O/c1-14(15-2)6-9-17(10-7-14)11-12-5-4-8-16-13(12)18-3/h4-5,8,15H,6-7,9-11H2,1-3H3. The van der Waals surface area contributed by atoms with Gasteiger partial charge in [-0.05, 0) is 32.9 Å². The van der Waals surface area contributed by atoms with Crippen molar-refractivity contribution in [3.05, 3.63) is 23.9 Å². The van der Waals surface area contributed by atoms with Crippen LogP contribution in [0.4, 0.5) is 0 Å². The molecule has 0 atom stereocenters. The monoisotopic (exact) mass is 249 g/mol. The number of rotatable bonds is 4. The quantitative estimate of drug-likeness (QED) is 0.880. The Labute approximate surface area is 109 Å². The number of piperidine rings is 1. The Balaban J connectivity index is 1.95. The Bertz CT molecular complexity index is 386. The molecule has 1 aliphatic heterocycles. The third-order valence-electron chi connectivity index (χ3n) is 4.00. The lowest BCUT2D eigenvalue weighted by molar-refractivity contribution is 0.145. The third kappa shape index (κ3) is 3.00. The van der Waals surface area contributed by atoms with Crippen LogP contribution in [0.25, 0.3) is 0 Å². The second-order valence-corrected chi connectivity index (χ2v) is 5.26. The van der Waals surface area contributed by atoms with Gasteiger partial charge in [0.05, 0.1) is 7.11 Å². The molecular weight excluding hydrogens is 226 g/mol. The van der Waals surface area contributed by atoms with Crippen LogP contribution in [0.3, 0.4) is 0 Å². The van der Waals surface area contributed by atoms with Crippen LogP contribution >= 0.6 is 0 Å². The zero-order valence-electron chi connectivity index (χ0n) is 11.6. The van der Waals surface area contributed by atoms with E-state index in [1.807, 2.05) is 6.07 Å². The molecule has 2 rings (SSSR count). The molecule has 0 aromatic carbocycles. The van der Waals surface area contributed by atoms with Gasteiger partial charge in [-0.15, -0.1) is 0 Å². The zero-order valence-corrected chi connectivity index (χ0v) is 11.6. The summed E-state index contributed by atoms with van der Waals surface area (Å²) in [6.45, 7) is 5.47. The number of hydrogen-bond donors (Lipinski definition) is 1. The molecule has 1 saturated heterocycles. The predicted molar refractivity (Wildman–Crippen MR) is 72.8 cm³/mol. The normalized spacial score (nSPS) is 19.7. The molecule has 0 saturated carbocycles. The third-order valence-corrected chi connectivity index (χ3v) is 4.00. The molecule has 4 nitrogen and oxygen atoms in total. The number of pyridine rings is 1. The van der Waals surface area contributed by atoms with E-state index in [1.54, 1.807) is 13.3 Å². The first-order valence-corrected chi connectivity index (χ1v) is 6.56. The van der Waals surface area contributed by atoms with Gasteiger partial charge >= 0.3 is 0 Å². The SMILES string of the molecule is CNC1(C)CCN(Cc2cccnc2OC)CC1. The molecule has 0 amide bonds. The second kappa shape index (κ2) is 5.67. The second-order valence-electron chi connectivity index (χ2n) is 5.26. The fraction of sp³-hybridized carbons (Fsp3) is 0.643. The molecule has 0 bridgehead atoms. The summed E-state index contributed by atoms with van der Waals surface area (Å²) in [5.74, 6) is 0.749. The number of methoxy groups -OCH3 is 1. The summed E-state index contributed by atoms with van der Waals surface area (Å²) in [5, 5.41) is 3.42. The lowest BCUT2D eigenvalue weighted by Gasteiger charge is -2.39. The van der Waals surface area contributed by atoms with E-state index in [0.717, 1.165) is 25.5 Å². The van der Waals surface area contributed by atoms with Gasteiger partial charge in [0.2, 0.25) is 5.88 Å². The van der Waals surface area contributed by atoms with Crippen molar-refractivity contribution in [2.75, 3.05) is 27.2 Å². The molecular formula is C14H23N3O. The first-order chi connectivity index (χ1) is 8.67. The number of nitrogens with one attached hydrogen (secondary N) is 1. The van der Waals surface area contributed by atoms with Gasteiger partial charge in [-0.1, -0.05) is 6.07 Å². The Kier molecular flexibility index (Phi) is 4.19. The Morgan fingerprint density at radius 1 is 1.44 bits per heavy atom. The minimum absolute atomic E-state index is 0.301. The van der Waals surface area contributed by atoms with Crippen molar-refractivity contribution in [1.82, 2.24) is 15.2 Å². The highest BCUT2D eigenvalue weighted by molar-refractivity contribution is 5.25. The molecule has 1 aromatic rings.